The van der Waals surface area contributed by atoms with Crippen LogP contribution in [0.15, 0.2) is 30.3 Å². The highest BCUT2D eigenvalue weighted by Gasteiger charge is 2.26. The molecule has 29 heavy (non-hydrogen) atoms. The van der Waals surface area contributed by atoms with Crippen LogP contribution in [0.4, 0.5) is 4.79 Å². The maximum absolute atomic E-state index is 12.3. The number of esters is 1. The zero-order valence-electron chi connectivity index (χ0n) is 16.8. The van der Waals surface area contributed by atoms with Crippen LogP contribution in [0.2, 0.25) is 0 Å². The Morgan fingerprint density at radius 1 is 1.07 bits per heavy atom. The smallest absolute Gasteiger partial charge is 0.408 e. The summed E-state index contributed by atoms with van der Waals surface area (Å²) in [5.74, 6) is -1.85. The lowest BCUT2D eigenvalue weighted by molar-refractivity contribution is -0.148. The van der Waals surface area contributed by atoms with Gasteiger partial charge in [-0.15, -0.1) is 0 Å². The molecule has 0 fully saturated rings. The fourth-order valence-electron chi connectivity index (χ4n) is 2.26. The topological polar surface area (TPSA) is 137 Å². The van der Waals surface area contributed by atoms with Crippen LogP contribution in [0, 0.1) is 0 Å². The first-order chi connectivity index (χ1) is 13.8. The number of hydrogen-bond donors (Lipinski definition) is 3. The summed E-state index contributed by atoms with van der Waals surface area (Å²) in [6.45, 7) is 3.68. The predicted octanol–water partition coefficient (Wildman–Crippen LogP) is 1.39. The lowest BCUT2D eigenvalue weighted by Gasteiger charge is -2.20. The molecule has 0 aliphatic heterocycles. The molecule has 0 heterocycles. The van der Waals surface area contributed by atoms with Crippen LogP contribution in [0.3, 0.4) is 0 Å². The molecule has 0 aliphatic carbocycles. The number of rotatable bonds is 12. The second-order valence-electron chi connectivity index (χ2n) is 6.51. The molecule has 4 N–H and O–H groups in total. The average Bonchev–Trinajstić information content (AvgIpc) is 2.70. The first-order valence-corrected chi connectivity index (χ1v) is 9.56. The van der Waals surface area contributed by atoms with Crippen LogP contribution < -0.4 is 16.4 Å². The fourth-order valence-corrected chi connectivity index (χ4v) is 2.26. The van der Waals surface area contributed by atoms with Crippen LogP contribution in [0.25, 0.3) is 0 Å². The van der Waals surface area contributed by atoms with Crippen molar-refractivity contribution < 1.29 is 28.7 Å². The largest absolute Gasteiger partial charge is 0.464 e. The van der Waals surface area contributed by atoms with Gasteiger partial charge in [0.15, 0.2) is 0 Å². The molecule has 2 atom stereocenters. The zero-order valence-corrected chi connectivity index (χ0v) is 16.8. The molecule has 160 valence electrons. The van der Waals surface area contributed by atoms with E-state index in [9.17, 15) is 19.2 Å². The lowest BCUT2D eigenvalue weighted by atomic mass is 10.1. The minimum absolute atomic E-state index is 0.0111. The molecule has 0 radical (unpaired) electrons. The fraction of sp³-hybridized carbons (Fsp3) is 0.500. The minimum atomic E-state index is -1.03. The zero-order chi connectivity index (χ0) is 21.6. The molecule has 1 aromatic carbocycles. The highest BCUT2D eigenvalue weighted by molar-refractivity contribution is 5.89. The molecular formula is C20H29N3O6. The SMILES string of the molecule is CCCCOC(=O)[C@@H](CCC(N)=O)NC(=O)[C@H](C)NC(=O)OCc1ccccc1. The van der Waals surface area contributed by atoms with Gasteiger partial charge in [-0.2, -0.15) is 0 Å². The van der Waals surface area contributed by atoms with Gasteiger partial charge in [0, 0.05) is 6.42 Å². The van der Waals surface area contributed by atoms with Gasteiger partial charge in [0.25, 0.3) is 0 Å². The number of hydrogen-bond acceptors (Lipinski definition) is 6. The van der Waals surface area contributed by atoms with Gasteiger partial charge in [-0.05, 0) is 25.3 Å². The maximum Gasteiger partial charge on any atom is 0.408 e. The van der Waals surface area contributed by atoms with Crippen molar-refractivity contribution in [1.29, 1.82) is 0 Å². The number of alkyl carbamates (subject to hydrolysis) is 1. The standard InChI is InChI=1S/C20H29N3O6/c1-3-4-12-28-19(26)16(10-11-17(21)24)23-18(25)14(2)22-20(27)29-13-15-8-6-5-7-9-15/h5-9,14,16H,3-4,10-13H2,1-2H3,(H2,21,24)(H,22,27)(H,23,25)/t14-,16+/m0/s1. The highest BCUT2D eigenvalue weighted by Crippen LogP contribution is 2.03. The molecule has 0 spiro atoms. The molecule has 3 amide bonds. The van der Waals surface area contributed by atoms with Crippen molar-refractivity contribution in [2.24, 2.45) is 5.73 Å². The molecule has 9 nitrogen and oxygen atoms in total. The Bertz CT molecular complexity index is 680. The van der Waals surface area contributed by atoms with E-state index in [-0.39, 0.29) is 26.1 Å². The quantitative estimate of drug-likeness (QED) is 0.354. The van der Waals surface area contributed by atoms with Crippen LogP contribution in [-0.4, -0.2) is 42.6 Å². The van der Waals surface area contributed by atoms with E-state index in [0.717, 1.165) is 12.0 Å². The Balaban J connectivity index is 2.53. The van der Waals surface area contributed by atoms with Crippen molar-refractivity contribution >= 4 is 23.9 Å². The van der Waals surface area contributed by atoms with Crippen molar-refractivity contribution in [3.8, 4) is 0 Å². The van der Waals surface area contributed by atoms with Crippen molar-refractivity contribution in [3.63, 3.8) is 0 Å². The summed E-state index contributed by atoms with van der Waals surface area (Å²) in [5.41, 5.74) is 5.93. The molecule has 1 aromatic rings. The summed E-state index contributed by atoms with van der Waals surface area (Å²) in [4.78, 5) is 47.4. The molecule has 0 bridgehead atoms. The number of amides is 3. The number of nitrogens with two attached hydrogens (primary N) is 1. The van der Waals surface area contributed by atoms with E-state index in [4.69, 9.17) is 15.2 Å². The molecule has 1 rings (SSSR count). The number of unbranched alkanes of at least 4 members (excludes halogenated alkanes) is 1. The van der Waals surface area contributed by atoms with Crippen LogP contribution in [0.1, 0.15) is 45.1 Å². The third-order valence-corrected chi connectivity index (χ3v) is 3.96. The second kappa shape index (κ2) is 13.1. The van der Waals surface area contributed by atoms with Crippen molar-refractivity contribution in [2.45, 2.75) is 58.2 Å². The molecule has 0 aliphatic rings. The van der Waals surface area contributed by atoms with Gasteiger partial charge in [0.05, 0.1) is 6.61 Å². The van der Waals surface area contributed by atoms with Crippen LogP contribution in [-0.2, 0) is 30.5 Å². The Kier molecular flexibility index (Phi) is 10.8. The summed E-state index contributed by atoms with van der Waals surface area (Å²) >= 11 is 0. The monoisotopic (exact) mass is 407 g/mol. The molecule has 0 aromatic heterocycles. The van der Waals surface area contributed by atoms with Crippen molar-refractivity contribution in [3.05, 3.63) is 35.9 Å². The number of carbonyl (C=O) groups is 4. The van der Waals surface area contributed by atoms with Crippen molar-refractivity contribution in [2.75, 3.05) is 6.61 Å². The first kappa shape index (κ1) is 23.9. The Morgan fingerprint density at radius 2 is 1.76 bits per heavy atom. The minimum Gasteiger partial charge on any atom is -0.464 e. The molecule has 0 saturated heterocycles. The first-order valence-electron chi connectivity index (χ1n) is 9.56. The van der Waals surface area contributed by atoms with Gasteiger partial charge >= 0.3 is 12.1 Å². The number of nitrogens with one attached hydrogen (secondary N) is 2. The van der Waals surface area contributed by atoms with Gasteiger partial charge < -0.3 is 25.8 Å². The third kappa shape index (κ3) is 10.1. The lowest BCUT2D eigenvalue weighted by Crippen LogP contribution is -2.51. The van der Waals surface area contributed by atoms with E-state index in [1.807, 2.05) is 25.1 Å². The van der Waals surface area contributed by atoms with E-state index < -0.39 is 36.0 Å². The Labute approximate surface area is 170 Å². The Morgan fingerprint density at radius 3 is 2.38 bits per heavy atom. The third-order valence-electron chi connectivity index (χ3n) is 3.96. The van der Waals surface area contributed by atoms with Gasteiger partial charge in [0.1, 0.15) is 18.7 Å². The van der Waals surface area contributed by atoms with Crippen LogP contribution >= 0.6 is 0 Å². The summed E-state index contributed by atoms with van der Waals surface area (Å²) < 4.78 is 10.2. The second-order valence-corrected chi connectivity index (χ2v) is 6.51. The molecule has 0 unspecified atom stereocenters. The predicted molar refractivity (Wildman–Crippen MR) is 105 cm³/mol. The number of benzene rings is 1. The summed E-state index contributed by atoms with van der Waals surface area (Å²) in [6.07, 6.45) is 0.688. The normalized spacial score (nSPS) is 12.3. The Hall–Kier alpha value is -3.10. The highest BCUT2D eigenvalue weighted by atomic mass is 16.5. The van der Waals surface area contributed by atoms with E-state index in [0.29, 0.717) is 6.42 Å². The van der Waals surface area contributed by atoms with Gasteiger partial charge in [-0.1, -0.05) is 43.7 Å². The molecular weight excluding hydrogens is 378 g/mol. The average molecular weight is 407 g/mol. The maximum atomic E-state index is 12.3. The molecule has 0 saturated carbocycles. The number of ether oxygens (including phenoxy) is 2. The van der Waals surface area contributed by atoms with Crippen molar-refractivity contribution in [1.82, 2.24) is 10.6 Å². The number of primary amides is 1. The van der Waals surface area contributed by atoms with Gasteiger partial charge in [0.2, 0.25) is 11.8 Å². The summed E-state index contributed by atoms with van der Waals surface area (Å²) in [5, 5.41) is 4.88. The van der Waals surface area contributed by atoms with E-state index in [2.05, 4.69) is 10.6 Å². The van der Waals surface area contributed by atoms with E-state index in [1.165, 1.54) is 6.92 Å². The van der Waals surface area contributed by atoms with E-state index >= 15 is 0 Å². The summed E-state index contributed by atoms with van der Waals surface area (Å²) in [7, 11) is 0. The van der Waals surface area contributed by atoms with Crippen LogP contribution in [0.5, 0.6) is 0 Å². The van der Waals surface area contributed by atoms with E-state index in [1.54, 1.807) is 12.1 Å². The van der Waals surface area contributed by atoms with Gasteiger partial charge in [-0.25, -0.2) is 9.59 Å². The summed E-state index contributed by atoms with van der Waals surface area (Å²) in [6, 6.07) is 7.09. The molecule has 9 heteroatoms. The number of carbonyl (C=O) groups excluding carboxylic acids is 4. The van der Waals surface area contributed by atoms with Gasteiger partial charge in [-0.3, -0.25) is 9.59 Å².